The van der Waals surface area contributed by atoms with Crippen molar-refractivity contribution in [3.05, 3.63) is 0 Å². The van der Waals surface area contributed by atoms with Crippen molar-refractivity contribution in [3.63, 3.8) is 0 Å². The molecule has 0 aromatic rings. The highest BCUT2D eigenvalue weighted by Gasteiger charge is 2.24. The summed E-state index contributed by atoms with van der Waals surface area (Å²) < 4.78 is 15.0. The van der Waals surface area contributed by atoms with Crippen LogP contribution in [0.15, 0.2) is 0 Å². The Labute approximate surface area is 96.1 Å². The van der Waals surface area contributed by atoms with Crippen molar-refractivity contribution in [2.45, 2.75) is 52.6 Å². The monoisotopic (exact) mass is 232 g/mol. The van der Waals surface area contributed by atoms with Gasteiger partial charge in [-0.25, -0.2) is 0 Å². The Morgan fingerprint density at radius 3 is 1.75 bits per heavy atom. The molecule has 94 valence electrons. The molecule has 0 heterocycles. The normalized spacial score (nSPS) is 11.2. The molecular weight excluding hydrogens is 212 g/mol. The number of rotatable bonds is 7. The van der Waals surface area contributed by atoms with Crippen molar-refractivity contribution >= 4 is 11.8 Å². The van der Waals surface area contributed by atoms with Crippen molar-refractivity contribution in [2.75, 3.05) is 7.11 Å². The molecule has 0 saturated carbocycles. The number of carbonyl (C=O) groups is 2. The van der Waals surface area contributed by atoms with Gasteiger partial charge in [0.25, 0.3) is 0 Å². The second kappa shape index (κ2) is 7.35. The maximum absolute atomic E-state index is 11.6. The van der Waals surface area contributed by atoms with Crippen LogP contribution in [0, 0.1) is 0 Å². The Bertz CT molecular complexity index is 225. The van der Waals surface area contributed by atoms with Gasteiger partial charge in [-0.05, 0) is 27.7 Å². The molecule has 5 heteroatoms. The molecule has 0 aliphatic heterocycles. The van der Waals surface area contributed by atoms with Gasteiger partial charge in [-0.15, -0.1) is 0 Å². The van der Waals surface area contributed by atoms with E-state index in [2.05, 4.69) is 4.74 Å². The first-order valence-electron chi connectivity index (χ1n) is 5.27. The largest absolute Gasteiger partial charge is 0.469 e. The quantitative estimate of drug-likeness (QED) is 0.376. The Morgan fingerprint density at radius 1 is 1.00 bits per heavy atom. The molecule has 5 nitrogen and oxygen atoms in total. The topological polar surface area (TPSA) is 61.8 Å². The van der Waals surface area contributed by atoms with Gasteiger partial charge in [-0.1, -0.05) is 0 Å². The van der Waals surface area contributed by atoms with Gasteiger partial charge >= 0.3 is 5.97 Å². The van der Waals surface area contributed by atoms with Crippen LogP contribution in [0.25, 0.3) is 0 Å². The van der Waals surface area contributed by atoms with E-state index in [1.54, 1.807) is 27.7 Å². The lowest BCUT2D eigenvalue weighted by Crippen LogP contribution is -2.33. The minimum Gasteiger partial charge on any atom is -0.469 e. The lowest BCUT2D eigenvalue weighted by molar-refractivity contribution is -0.191. The van der Waals surface area contributed by atoms with Crippen LogP contribution in [-0.4, -0.2) is 37.4 Å². The molecule has 0 aromatic heterocycles. The van der Waals surface area contributed by atoms with Crippen LogP contribution >= 0.6 is 0 Å². The van der Waals surface area contributed by atoms with Gasteiger partial charge in [0, 0.05) is 0 Å². The number of ether oxygens (including phenoxy) is 3. The lowest BCUT2D eigenvalue weighted by Gasteiger charge is -2.21. The minimum atomic E-state index is -1.00. The van der Waals surface area contributed by atoms with Crippen LogP contribution in [0.4, 0.5) is 0 Å². The predicted molar refractivity (Wildman–Crippen MR) is 57.9 cm³/mol. The number of Topliss-reactive ketones (excluding diaryl/α,β-unsaturated/α-hetero) is 1. The average Bonchev–Trinajstić information content (AvgIpc) is 2.15. The van der Waals surface area contributed by atoms with Crippen LogP contribution in [0.1, 0.15) is 34.1 Å². The number of methoxy groups -OCH3 is 1. The second-order valence-corrected chi connectivity index (χ2v) is 3.92. The highest BCUT2D eigenvalue weighted by Crippen LogP contribution is 2.07. The molecule has 0 aliphatic rings. The molecule has 0 aromatic carbocycles. The summed E-state index contributed by atoms with van der Waals surface area (Å²) in [6.45, 7) is 7.18. The van der Waals surface area contributed by atoms with E-state index in [1.165, 1.54) is 7.11 Å². The molecule has 0 rings (SSSR count). The van der Waals surface area contributed by atoms with Crippen LogP contribution in [0.3, 0.4) is 0 Å². The zero-order valence-electron chi connectivity index (χ0n) is 10.5. The molecule has 0 saturated heterocycles. The van der Waals surface area contributed by atoms with Crippen LogP contribution in [0.2, 0.25) is 0 Å². The summed E-state index contributed by atoms with van der Waals surface area (Å²) in [5.74, 6) is -1.01. The van der Waals surface area contributed by atoms with Crippen molar-refractivity contribution in [2.24, 2.45) is 0 Å². The first kappa shape index (κ1) is 15.1. The van der Waals surface area contributed by atoms with Crippen LogP contribution in [-0.2, 0) is 23.8 Å². The Morgan fingerprint density at radius 2 is 1.44 bits per heavy atom. The average molecular weight is 232 g/mol. The fraction of sp³-hybridized carbons (Fsp3) is 0.818. The standard InChI is InChI=1S/C11H20O5/c1-7(2)15-11(16-8(3)4)9(12)6-10(13)14-5/h7-8,11H,6H2,1-5H3. The van der Waals surface area contributed by atoms with Crippen LogP contribution < -0.4 is 0 Å². The third-order valence-corrected chi connectivity index (χ3v) is 1.60. The molecule has 0 radical (unpaired) electrons. The van der Waals surface area contributed by atoms with E-state index in [0.29, 0.717) is 0 Å². The molecule has 0 atom stereocenters. The summed E-state index contributed by atoms with van der Waals surface area (Å²) >= 11 is 0. The maximum Gasteiger partial charge on any atom is 0.313 e. The van der Waals surface area contributed by atoms with Gasteiger partial charge in [-0.2, -0.15) is 0 Å². The van der Waals surface area contributed by atoms with E-state index >= 15 is 0 Å². The Balaban J connectivity index is 4.37. The van der Waals surface area contributed by atoms with Crippen molar-refractivity contribution < 1.29 is 23.8 Å². The molecular formula is C11H20O5. The number of hydrogen-bond acceptors (Lipinski definition) is 5. The molecule has 0 amide bonds. The lowest BCUT2D eigenvalue weighted by atomic mass is 10.2. The van der Waals surface area contributed by atoms with Crippen molar-refractivity contribution in [1.82, 2.24) is 0 Å². The Hall–Kier alpha value is -0.940. The summed E-state index contributed by atoms with van der Waals surface area (Å²) in [6, 6.07) is 0. The number of hydrogen-bond donors (Lipinski definition) is 0. The highest BCUT2D eigenvalue weighted by molar-refractivity contribution is 5.97. The first-order chi connectivity index (χ1) is 7.36. The fourth-order valence-electron chi connectivity index (χ4n) is 0.976. The number of esters is 1. The van der Waals surface area contributed by atoms with Crippen LogP contribution in [0.5, 0.6) is 0 Å². The summed E-state index contributed by atoms with van der Waals surface area (Å²) in [5, 5.41) is 0. The molecule has 16 heavy (non-hydrogen) atoms. The van der Waals surface area contributed by atoms with Gasteiger partial charge in [0.1, 0.15) is 6.42 Å². The van der Waals surface area contributed by atoms with E-state index in [9.17, 15) is 9.59 Å². The molecule has 0 N–H and O–H groups in total. The summed E-state index contributed by atoms with van der Waals surface area (Å²) in [4.78, 5) is 22.6. The molecule has 0 aliphatic carbocycles. The third-order valence-electron chi connectivity index (χ3n) is 1.60. The summed E-state index contributed by atoms with van der Waals surface area (Å²) in [6.07, 6.45) is -1.63. The smallest absolute Gasteiger partial charge is 0.313 e. The molecule has 0 bridgehead atoms. The molecule has 0 spiro atoms. The zero-order chi connectivity index (χ0) is 12.7. The van der Waals surface area contributed by atoms with Crippen molar-refractivity contribution in [1.29, 1.82) is 0 Å². The van der Waals surface area contributed by atoms with E-state index in [0.717, 1.165) is 0 Å². The predicted octanol–water partition coefficient (Wildman–Crippen LogP) is 1.29. The van der Waals surface area contributed by atoms with E-state index in [4.69, 9.17) is 9.47 Å². The third kappa shape index (κ3) is 6.53. The van der Waals surface area contributed by atoms with Gasteiger partial charge in [0.05, 0.1) is 19.3 Å². The van der Waals surface area contributed by atoms with E-state index in [1.807, 2.05) is 0 Å². The van der Waals surface area contributed by atoms with E-state index in [-0.39, 0.29) is 18.6 Å². The van der Waals surface area contributed by atoms with Crippen molar-refractivity contribution in [3.8, 4) is 0 Å². The Kier molecular flexibility index (Phi) is 6.92. The van der Waals surface area contributed by atoms with Gasteiger partial charge in [0.15, 0.2) is 5.78 Å². The van der Waals surface area contributed by atoms with Gasteiger partial charge in [-0.3, -0.25) is 9.59 Å². The summed E-state index contributed by atoms with van der Waals surface area (Å²) in [5.41, 5.74) is 0. The SMILES string of the molecule is COC(=O)CC(=O)C(OC(C)C)OC(C)C. The number of ketones is 1. The zero-order valence-corrected chi connectivity index (χ0v) is 10.5. The maximum atomic E-state index is 11.6. The van der Waals surface area contributed by atoms with E-state index < -0.39 is 18.0 Å². The summed E-state index contributed by atoms with van der Waals surface area (Å²) in [7, 11) is 1.23. The van der Waals surface area contributed by atoms with Gasteiger partial charge < -0.3 is 14.2 Å². The number of carbonyl (C=O) groups excluding carboxylic acids is 2. The fourth-order valence-corrected chi connectivity index (χ4v) is 0.976. The molecule has 0 fully saturated rings. The first-order valence-corrected chi connectivity index (χ1v) is 5.27. The second-order valence-electron chi connectivity index (χ2n) is 3.92. The van der Waals surface area contributed by atoms with Gasteiger partial charge in [0.2, 0.25) is 6.29 Å². The minimum absolute atomic E-state index is 0.148. The highest BCUT2D eigenvalue weighted by atomic mass is 16.7. The molecule has 0 unspecified atom stereocenters.